The topological polar surface area (TPSA) is 132 Å². The lowest BCUT2D eigenvalue weighted by Gasteiger charge is -2.65. The number of carbonyl (C=O) groups excluding carboxylic acids is 1. The average Bonchev–Trinajstić information content (AvgIpc) is 3.31. The van der Waals surface area contributed by atoms with Crippen LogP contribution in [-0.4, -0.2) is 69.7 Å². The van der Waals surface area contributed by atoms with Gasteiger partial charge in [0, 0.05) is 29.5 Å². The molecule has 0 aromatic carbocycles. The summed E-state index contributed by atoms with van der Waals surface area (Å²) in [5.74, 6) is -0.0955. The molecule has 1 aliphatic heterocycles. The van der Waals surface area contributed by atoms with Gasteiger partial charge in [-0.25, -0.2) is 4.79 Å². The molecule has 5 aliphatic rings. The molecule has 33 heavy (non-hydrogen) atoms. The van der Waals surface area contributed by atoms with Crippen molar-refractivity contribution in [1.29, 1.82) is 0 Å². The second-order valence-corrected chi connectivity index (χ2v) is 11.4. The van der Waals surface area contributed by atoms with Crippen molar-refractivity contribution < 1.29 is 30.0 Å². The van der Waals surface area contributed by atoms with Crippen molar-refractivity contribution in [3.8, 4) is 0 Å². The van der Waals surface area contributed by atoms with E-state index in [2.05, 4.69) is 17.5 Å². The highest BCUT2D eigenvalue weighted by molar-refractivity contribution is 5.85. The molecule has 0 saturated heterocycles. The molecule has 184 valence electrons. The molecule has 5 rings (SSSR count). The number of aliphatic hydroxyl groups excluding tert-OH is 2. The maximum Gasteiger partial charge on any atom is 0.331 e. The van der Waals surface area contributed by atoms with E-state index in [1.54, 1.807) is 6.08 Å². The van der Waals surface area contributed by atoms with Gasteiger partial charge >= 0.3 is 5.97 Å². The summed E-state index contributed by atoms with van der Waals surface area (Å²) in [5.41, 5.74) is 0.968. The van der Waals surface area contributed by atoms with Crippen LogP contribution in [0.5, 0.6) is 0 Å². The Bertz CT molecular complexity index is 862. The number of cyclic esters (lactones) is 1. The third-order valence-corrected chi connectivity index (χ3v) is 10.2. The molecule has 5 N–H and O–H groups in total. The fourth-order valence-electron chi connectivity index (χ4n) is 8.64. The number of ether oxygens (including phenoxy) is 1. The molecule has 0 amide bonds. The predicted octanol–water partition coefficient (Wildman–Crippen LogP) is 1.27. The minimum atomic E-state index is -1.06. The van der Waals surface area contributed by atoms with E-state index in [-0.39, 0.29) is 35.7 Å². The highest BCUT2D eigenvalue weighted by Crippen LogP contribution is 2.70. The molecule has 0 aromatic rings. The summed E-state index contributed by atoms with van der Waals surface area (Å²) in [6.45, 7) is 2.82. The number of carbonyl (C=O) groups is 1. The number of rotatable bonds is 5. The molecule has 0 spiro atoms. The Balaban J connectivity index is 1.50. The largest absolute Gasteiger partial charge is 0.458 e. The fourth-order valence-corrected chi connectivity index (χ4v) is 8.64. The Morgan fingerprint density at radius 2 is 1.94 bits per heavy atom. The normalized spacial score (nSPS) is 49.2. The molecule has 1 heterocycles. The summed E-state index contributed by atoms with van der Waals surface area (Å²) in [5, 5.41) is 48.1. The van der Waals surface area contributed by atoms with E-state index in [0.717, 1.165) is 24.8 Å². The second kappa shape index (κ2) is 8.04. The van der Waals surface area contributed by atoms with Crippen molar-refractivity contribution in [1.82, 2.24) is 5.43 Å². The summed E-state index contributed by atoms with van der Waals surface area (Å²) in [7, 11) is 0. The molecule has 8 atom stereocenters. The predicted molar refractivity (Wildman–Crippen MR) is 121 cm³/mol. The molecular formula is C25H38N2O6. The van der Waals surface area contributed by atoms with Gasteiger partial charge in [0.2, 0.25) is 0 Å². The first kappa shape index (κ1) is 23.3. The Hall–Kier alpha value is -1.48. The van der Waals surface area contributed by atoms with Gasteiger partial charge in [0.15, 0.2) is 0 Å². The van der Waals surface area contributed by atoms with E-state index in [1.807, 2.05) is 6.21 Å². The summed E-state index contributed by atoms with van der Waals surface area (Å²) >= 11 is 0. The van der Waals surface area contributed by atoms with Crippen molar-refractivity contribution in [2.45, 2.75) is 82.0 Å². The summed E-state index contributed by atoms with van der Waals surface area (Å²) in [6, 6.07) is 0. The van der Waals surface area contributed by atoms with Crippen molar-refractivity contribution in [3.05, 3.63) is 11.6 Å². The SMILES string of the molecule is C[C@]12CC[C@H]3[C@@H](CC[C@]4(O)C[C@H](O)CC[C@]34/C=N\NCCO)[C@]1(O)CC[C@@H]2C1=CC(=O)OC1. The van der Waals surface area contributed by atoms with Gasteiger partial charge in [-0.1, -0.05) is 6.92 Å². The summed E-state index contributed by atoms with van der Waals surface area (Å²) < 4.78 is 5.20. The molecule has 0 unspecified atom stereocenters. The number of hydrogen-bond donors (Lipinski definition) is 5. The van der Waals surface area contributed by atoms with E-state index in [4.69, 9.17) is 9.84 Å². The molecule has 8 nitrogen and oxygen atoms in total. The average molecular weight is 463 g/mol. The van der Waals surface area contributed by atoms with Crippen molar-refractivity contribution in [3.63, 3.8) is 0 Å². The van der Waals surface area contributed by atoms with E-state index in [9.17, 15) is 20.1 Å². The highest BCUT2D eigenvalue weighted by atomic mass is 16.5. The van der Waals surface area contributed by atoms with Gasteiger partial charge in [-0.15, -0.1) is 0 Å². The molecule has 0 radical (unpaired) electrons. The molecule has 0 bridgehead atoms. The lowest BCUT2D eigenvalue weighted by Crippen LogP contribution is -2.68. The van der Waals surface area contributed by atoms with Gasteiger partial charge in [-0.3, -0.25) is 0 Å². The first-order valence-corrected chi connectivity index (χ1v) is 12.6. The fraction of sp³-hybridized carbons (Fsp3) is 0.840. The Morgan fingerprint density at radius 3 is 2.67 bits per heavy atom. The van der Waals surface area contributed by atoms with E-state index in [1.165, 1.54) is 0 Å². The summed E-state index contributed by atoms with van der Waals surface area (Å²) in [4.78, 5) is 11.7. The number of nitrogens with zero attached hydrogens (tertiary/aromatic N) is 1. The maximum atomic E-state index is 12.3. The zero-order valence-electron chi connectivity index (χ0n) is 19.5. The molecule has 4 saturated carbocycles. The third kappa shape index (κ3) is 3.24. The highest BCUT2D eigenvalue weighted by Gasteiger charge is 2.71. The Labute approximate surface area is 195 Å². The Morgan fingerprint density at radius 1 is 1.15 bits per heavy atom. The van der Waals surface area contributed by atoms with Gasteiger partial charge in [-0.2, -0.15) is 5.10 Å². The van der Waals surface area contributed by atoms with Gasteiger partial charge in [0.05, 0.1) is 30.5 Å². The maximum absolute atomic E-state index is 12.3. The van der Waals surface area contributed by atoms with Crippen molar-refractivity contribution in [2.75, 3.05) is 19.8 Å². The van der Waals surface area contributed by atoms with Crippen LogP contribution in [-0.2, 0) is 9.53 Å². The molecule has 0 aromatic heterocycles. The number of hydrogen-bond acceptors (Lipinski definition) is 8. The van der Waals surface area contributed by atoms with Gasteiger partial charge < -0.3 is 30.6 Å². The second-order valence-electron chi connectivity index (χ2n) is 11.4. The lowest BCUT2D eigenvalue weighted by atomic mass is 9.41. The molecule has 4 aliphatic carbocycles. The van der Waals surface area contributed by atoms with Crippen molar-refractivity contribution >= 4 is 12.2 Å². The van der Waals surface area contributed by atoms with Crippen LogP contribution in [0.25, 0.3) is 0 Å². The number of esters is 1. The van der Waals surface area contributed by atoms with Crippen LogP contribution in [0.3, 0.4) is 0 Å². The van der Waals surface area contributed by atoms with Crippen LogP contribution in [0.2, 0.25) is 0 Å². The minimum absolute atomic E-state index is 0.0136. The number of nitrogens with one attached hydrogen (secondary N) is 1. The number of aliphatic hydroxyl groups is 4. The molecule has 8 heteroatoms. The van der Waals surface area contributed by atoms with Gasteiger partial charge in [0.25, 0.3) is 0 Å². The minimum Gasteiger partial charge on any atom is -0.458 e. The zero-order chi connectivity index (χ0) is 23.5. The number of fused-ring (bicyclic) bond motifs is 5. The smallest absolute Gasteiger partial charge is 0.331 e. The van der Waals surface area contributed by atoms with Gasteiger partial charge in [0.1, 0.15) is 6.61 Å². The van der Waals surface area contributed by atoms with Crippen molar-refractivity contribution in [2.24, 2.45) is 33.7 Å². The van der Waals surface area contributed by atoms with E-state index >= 15 is 0 Å². The molecule has 4 fully saturated rings. The van der Waals surface area contributed by atoms with Crippen LogP contribution < -0.4 is 5.43 Å². The number of hydrazone groups is 1. The lowest BCUT2D eigenvalue weighted by molar-refractivity contribution is -0.237. The zero-order valence-corrected chi connectivity index (χ0v) is 19.5. The van der Waals surface area contributed by atoms with Crippen LogP contribution in [0.4, 0.5) is 0 Å². The molecular weight excluding hydrogens is 424 g/mol. The summed E-state index contributed by atoms with van der Waals surface area (Å²) in [6.07, 6.45) is 8.88. The monoisotopic (exact) mass is 462 g/mol. The third-order valence-electron chi connectivity index (χ3n) is 10.2. The standard InChI is InChI=1S/C25H38N2O6/c1-22-6-3-19-20(25(22,32)9-5-18(22)16-12-21(30)33-14-16)4-8-24(31)13-17(29)2-7-23(19,24)15-27-26-10-11-28/h12,15,17-20,26,28-29,31-32H,2-11,13-14H2,1H3/b27-15-/t17-,18-,19+,20-,22-,23+,24+,25-/m1/s1. The van der Waals surface area contributed by atoms with Crippen LogP contribution in [0, 0.1) is 28.6 Å². The van der Waals surface area contributed by atoms with Crippen LogP contribution in [0.1, 0.15) is 64.7 Å². The van der Waals surface area contributed by atoms with E-state index < -0.39 is 22.7 Å². The first-order chi connectivity index (χ1) is 15.7. The first-order valence-electron chi connectivity index (χ1n) is 12.6. The van der Waals surface area contributed by atoms with Gasteiger partial charge in [-0.05, 0) is 74.7 Å². The Kier molecular flexibility index (Phi) is 5.67. The van der Waals surface area contributed by atoms with Crippen LogP contribution in [0.15, 0.2) is 16.8 Å². The van der Waals surface area contributed by atoms with Crippen LogP contribution >= 0.6 is 0 Å². The van der Waals surface area contributed by atoms with E-state index in [0.29, 0.717) is 51.7 Å². The quantitative estimate of drug-likeness (QED) is 0.180.